The van der Waals surface area contributed by atoms with E-state index in [0.29, 0.717) is 6.10 Å². The summed E-state index contributed by atoms with van der Waals surface area (Å²) in [6.45, 7) is 3.67. The molecule has 1 fully saturated rings. The van der Waals surface area contributed by atoms with E-state index >= 15 is 0 Å². The Morgan fingerprint density at radius 3 is 2.90 bits per heavy atom. The molecule has 1 N–H and O–H groups in total. The zero-order valence-electron chi connectivity index (χ0n) is 13.5. The highest BCUT2D eigenvalue weighted by Crippen LogP contribution is 2.22. The third-order valence-corrected chi connectivity index (χ3v) is 3.96. The lowest BCUT2D eigenvalue weighted by molar-refractivity contribution is -0.00267. The number of benzene rings is 1. The largest absolute Gasteiger partial charge is 0.496 e. The monoisotopic (exact) mass is 292 g/mol. The van der Waals surface area contributed by atoms with Crippen molar-refractivity contribution in [2.75, 3.05) is 34.4 Å². The molecule has 0 bridgehead atoms. The average Bonchev–Trinajstić information content (AvgIpc) is 2.49. The molecule has 1 aromatic rings. The molecule has 1 atom stereocenters. The van der Waals surface area contributed by atoms with Gasteiger partial charge in [0.1, 0.15) is 5.75 Å². The molecule has 1 heterocycles. The predicted octanol–water partition coefficient (Wildman–Crippen LogP) is 2.42. The summed E-state index contributed by atoms with van der Waals surface area (Å²) in [5.74, 6) is 0.964. The van der Waals surface area contributed by atoms with Crippen LogP contribution in [0.25, 0.3) is 0 Å². The van der Waals surface area contributed by atoms with Crippen LogP contribution < -0.4 is 10.1 Å². The van der Waals surface area contributed by atoms with Crippen molar-refractivity contribution >= 4 is 0 Å². The van der Waals surface area contributed by atoms with Crippen LogP contribution in [0.5, 0.6) is 5.75 Å². The summed E-state index contributed by atoms with van der Waals surface area (Å²) in [6.07, 6.45) is 4.07. The Hall–Kier alpha value is -1.10. The second-order valence-corrected chi connectivity index (χ2v) is 5.86. The Balaban J connectivity index is 1.97. The summed E-state index contributed by atoms with van der Waals surface area (Å²) in [7, 11) is 5.86. The molecule has 1 unspecified atom stereocenters. The summed E-state index contributed by atoms with van der Waals surface area (Å²) < 4.78 is 11.3. The van der Waals surface area contributed by atoms with E-state index in [-0.39, 0.29) is 0 Å². The Bertz CT molecular complexity index is 431. The van der Waals surface area contributed by atoms with E-state index in [9.17, 15) is 0 Å². The van der Waals surface area contributed by atoms with Crippen LogP contribution in [0.3, 0.4) is 0 Å². The maximum atomic E-state index is 5.82. The first-order chi connectivity index (χ1) is 10.2. The second kappa shape index (κ2) is 8.37. The van der Waals surface area contributed by atoms with Crippen LogP contribution in [-0.4, -0.2) is 45.4 Å². The van der Waals surface area contributed by atoms with Crippen LogP contribution in [-0.2, 0) is 17.8 Å². The first-order valence-corrected chi connectivity index (χ1v) is 7.83. The van der Waals surface area contributed by atoms with Crippen LogP contribution >= 0.6 is 0 Å². The minimum atomic E-state index is 0.384. The van der Waals surface area contributed by atoms with E-state index in [1.807, 2.05) is 7.05 Å². The fraction of sp³-hybridized carbons (Fsp3) is 0.647. The van der Waals surface area contributed by atoms with E-state index < -0.39 is 0 Å². The van der Waals surface area contributed by atoms with E-state index in [2.05, 4.69) is 35.5 Å². The van der Waals surface area contributed by atoms with Crippen LogP contribution in [0.4, 0.5) is 0 Å². The summed E-state index contributed by atoms with van der Waals surface area (Å²) in [5.41, 5.74) is 2.53. The van der Waals surface area contributed by atoms with Crippen molar-refractivity contribution in [2.24, 2.45) is 0 Å². The van der Waals surface area contributed by atoms with Crippen molar-refractivity contribution in [3.05, 3.63) is 29.3 Å². The second-order valence-electron chi connectivity index (χ2n) is 5.86. The molecule has 1 saturated heterocycles. The Kier molecular flexibility index (Phi) is 6.49. The number of hydrogen-bond acceptors (Lipinski definition) is 4. The van der Waals surface area contributed by atoms with Gasteiger partial charge in [-0.05, 0) is 51.1 Å². The lowest BCUT2D eigenvalue weighted by atomic mass is 10.1. The molecule has 0 radical (unpaired) electrons. The van der Waals surface area contributed by atoms with Gasteiger partial charge in [0.05, 0.1) is 13.2 Å². The van der Waals surface area contributed by atoms with Gasteiger partial charge in [-0.1, -0.05) is 6.07 Å². The highest BCUT2D eigenvalue weighted by Gasteiger charge is 2.17. The van der Waals surface area contributed by atoms with Gasteiger partial charge in [0, 0.05) is 31.8 Å². The standard InChI is InChI=1S/C17H28N2O2/c1-18-11-14-7-8-17(20-3)15(10-14)12-19(2)13-16-6-4-5-9-21-16/h7-8,10,16,18H,4-6,9,11-13H2,1-3H3. The Morgan fingerprint density at radius 1 is 1.38 bits per heavy atom. The highest BCUT2D eigenvalue weighted by atomic mass is 16.5. The van der Waals surface area contributed by atoms with Crippen molar-refractivity contribution in [1.82, 2.24) is 10.2 Å². The molecule has 4 nitrogen and oxygen atoms in total. The molecule has 0 saturated carbocycles. The predicted molar refractivity (Wildman–Crippen MR) is 85.7 cm³/mol. The molecule has 0 aliphatic carbocycles. The van der Waals surface area contributed by atoms with E-state index in [1.54, 1.807) is 7.11 Å². The summed E-state index contributed by atoms with van der Waals surface area (Å²) in [4.78, 5) is 2.33. The SMILES string of the molecule is CNCc1ccc(OC)c(CN(C)CC2CCCCO2)c1. The van der Waals surface area contributed by atoms with Crippen molar-refractivity contribution in [3.8, 4) is 5.75 Å². The summed E-state index contributed by atoms with van der Waals surface area (Å²) in [5, 5.41) is 3.19. The van der Waals surface area contributed by atoms with Gasteiger partial charge in [-0.15, -0.1) is 0 Å². The lowest BCUT2D eigenvalue weighted by Gasteiger charge is -2.27. The van der Waals surface area contributed by atoms with E-state index in [4.69, 9.17) is 9.47 Å². The van der Waals surface area contributed by atoms with Crippen LogP contribution in [0, 0.1) is 0 Å². The normalized spacial score (nSPS) is 19.0. The van der Waals surface area contributed by atoms with Crippen LogP contribution in [0.15, 0.2) is 18.2 Å². The quantitative estimate of drug-likeness (QED) is 0.837. The van der Waals surface area contributed by atoms with Gasteiger partial charge in [-0.3, -0.25) is 4.90 Å². The molecule has 1 aromatic carbocycles. The molecule has 118 valence electrons. The third kappa shape index (κ3) is 4.99. The smallest absolute Gasteiger partial charge is 0.123 e. The fourth-order valence-electron chi connectivity index (χ4n) is 2.92. The number of methoxy groups -OCH3 is 1. The number of hydrogen-bond donors (Lipinski definition) is 1. The minimum absolute atomic E-state index is 0.384. The van der Waals surface area contributed by atoms with Gasteiger partial charge in [0.25, 0.3) is 0 Å². The molecule has 0 spiro atoms. The van der Waals surface area contributed by atoms with Gasteiger partial charge in [0.2, 0.25) is 0 Å². The van der Waals surface area contributed by atoms with Gasteiger partial charge in [-0.25, -0.2) is 0 Å². The molecule has 4 heteroatoms. The number of ether oxygens (including phenoxy) is 2. The topological polar surface area (TPSA) is 33.7 Å². The van der Waals surface area contributed by atoms with Crippen LogP contribution in [0.1, 0.15) is 30.4 Å². The molecule has 0 amide bonds. The van der Waals surface area contributed by atoms with Crippen molar-refractivity contribution in [3.63, 3.8) is 0 Å². The Morgan fingerprint density at radius 2 is 2.24 bits per heavy atom. The maximum Gasteiger partial charge on any atom is 0.123 e. The number of nitrogens with one attached hydrogen (secondary N) is 1. The minimum Gasteiger partial charge on any atom is -0.496 e. The zero-order chi connectivity index (χ0) is 15.1. The first-order valence-electron chi connectivity index (χ1n) is 7.83. The molecule has 2 rings (SSSR count). The molecule has 1 aliphatic rings. The third-order valence-electron chi connectivity index (χ3n) is 3.96. The average molecular weight is 292 g/mol. The number of rotatable bonds is 7. The molecular weight excluding hydrogens is 264 g/mol. The molecule has 0 aromatic heterocycles. The lowest BCUT2D eigenvalue weighted by Crippen LogP contribution is -2.33. The fourth-order valence-corrected chi connectivity index (χ4v) is 2.92. The first kappa shape index (κ1) is 16.3. The van der Waals surface area contributed by atoms with Crippen molar-refractivity contribution in [1.29, 1.82) is 0 Å². The van der Waals surface area contributed by atoms with Gasteiger partial charge < -0.3 is 14.8 Å². The van der Waals surface area contributed by atoms with Gasteiger partial charge >= 0.3 is 0 Å². The molecule has 1 aliphatic heterocycles. The Labute approximate surface area is 128 Å². The maximum absolute atomic E-state index is 5.82. The van der Waals surface area contributed by atoms with Crippen LogP contribution in [0.2, 0.25) is 0 Å². The van der Waals surface area contributed by atoms with E-state index in [0.717, 1.165) is 32.0 Å². The summed E-state index contributed by atoms with van der Waals surface area (Å²) >= 11 is 0. The highest BCUT2D eigenvalue weighted by molar-refractivity contribution is 5.37. The molecule has 21 heavy (non-hydrogen) atoms. The molecular formula is C17H28N2O2. The van der Waals surface area contributed by atoms with Gasteiger partial charge in [0.15, 0.2) is 0 Å². The summed E-state index contributed by atoms with van der Waals surface area (Å²) in [6, 6.07) is 6.41. The van der Waals surface area contributed by atoms with E-state index in [1.165, 1.54) is 30.4 Å². The number of nitrogens with zero attached hydrogens (tertiary/aromatic N) is 1. The van der Waals surface area contributed by atoms with Crippen molar-refractivity contribution in [2.45, 2.75) is 38.5 Å². The van der Waals surface area contributed by atoms with Crippen molar-refractivity contribution < 1.29 is 9.47 Å². The zero-order valence-corrected chi connectivity index (χ0v) is 13.5. The number of likely N-dealkylation sites (N-methyl/N-ethyl adjacent to an activating group) is 1. The van der Waals surface area contributed by atoms with Gasteiger partial charge in [-0.2, -0.15) is 0 Å².